The Hall–Kier alpha value is -2.02. The van der Waals surface area contributed by atoms with E-state index in [9.17, 15) is 13.2 Å². The van der Waals surface area contributed by atoms with E-state index < -0.39 is 21.6 Å². The van der Waals surface area contributed by atoms with Crippen molar-refractivity contribution in [3.05, 3.63) is 69.7 Å². The number of rotatable bonds is 3. The Morgan fingerprint density at radius 1 is 0.958 bits per heavy atom. The second kappa shape index (κ2) is 6.47. The molecule has 0 bridgehead atoms. The number of anilines is 2. The Labute approximate surface area is 149 Å². The molecule has 2 aromatic rings. The molecule has 0 unspecified atom stereocenters. The predicted molar refractivity (Wildman–Crippen MR) is 95.9 cm³/mol. The van der Waals surface area contributed by atoms with E-state index in [0.29, 0.717) is 21.4 Å². The normalized spacial score (nSPS) is 18.2. The quantitative estimate of drug-likeness (QED) is 0.822. The van der Waals surface area contributed by atoms with E-state index in [1.165, 1.54) is 11.1 Å². The summed E-state index contributed by atoms with van der Waals surface area (Å²) in [7, 11) is -3.71. The van der Waals surface area contributed by atoms with E-state index >= 15 is 0 Å². The summed E-state index contributed by atoms with van der Waals surface area (Å²) in [4.78, 5) is 13.4. The first kappa shape index (κ1) is 16.8. The lowest BCUT2D eigenvalue weighted by molar-refractivity contribution is -0.114. The Kier molecular flexibility index (Phi) is 4.54. The SMILES string of the molecule is O=C1C(=CNc2ccc(Cl)cc2)S(=O)(=O)CN1c1ccc(Cl)cc1. The fourth-order valence-electron chi connectivity index (χ4n) is 2.22. The van der Waals surface area contributed by atoms with E-state index in [-0.39, 0.29) is 4.91 Å². The van der Waals surface area contributed by atoms with Crippen molar-refractivity contribution in [3.63, 3.8) is 0 Å². The number of carbonyl (C=O) groups is 1. The number of hydrogen-bond donors (Lipinski definition) is 1. The van der Waals surface area contributed by atoms with Crippen molar-refractivity contribution in [1.82, 2.24) is 0 Å². The molecule has 0 saturated carbocycles. The maximum Gasteiger partial charge on any atom is 0.272 e. The molecule has 1 aliphatic rings. The first-order chi connectivity index (χ1) is 11.4. The zero-order valence-corrected chi connectivity index (χ0v) is 14.6. The first-order valence-electron chi connectivity index (χ1n) is 6.89. The maximum absolute atomic E-state index is 12.5. The Morgan fingerprint density at radius 2 is 1.50 bits per heavy atom. The molecular formula is C16H12Cl2N2O3S. The summed E-state index contributed by atoms with van der Waals surface area (Å²) in [6.07, 6.45) is 1.21. The van der Waals surface area contributed by atoms with Crippen LogP contribution in [0.3, 0.4) is 0 Å². The smallest absolute Gasteiger partial charge is 0.272 e. The molecule has 2 aromatic carbocycles. The molecule has 5 nitrogen and oxygen atoms in total. The standard InChI is InChI=1S/C16H12Cl2N2O3S/c17-11-1-5-13(6-2-11)19-9-15-16(21)20(10-24(15,22)23)14-7-3-12(18)4-8-14/h1-9,19H,10H2. The Bertz CT molecular complexity index is 907. The molecule has 8 heteroatoms. The lowest BCUT2D eigenvalue weighted by atomic mass is 10.3. The van der Waals surface area contributed by atoms with Crippen molar-refractivity contribution in [2.75, 3.05) is 16.1 Å². The van der Waals surface area contributed by atoms with E-state index in [2.05, 4.69) is 5.32 Å². The highest BCUT2D eigenvalue weighted by atomic mass is 35.5. The van der Waals surface area contributed by atoms with Crippen LogP contribution in [-0.2, 0) is 14.6 Å². The van der Waals surface area contributed by atoms with Gasteiger partial charge in [0, 0.05) is 27.6 Å². The van der Waals surface area contributed by atoms with Crippen LogP contribution < -0.4 is 10.2 Å². The minimum absolute atomic E-state index is 0.285. The third-order valence-electron chi connectivity index (χ3n) is 3.44. The van der Waals surface area contributed by atoms with Crippen LogP contribution in [0.25, 0.3) is 0 Å². The van der Waals surface area contributed by atoms with Crippen LogP contribution in [0.1, 0.15) is 0 Å². The molecule has 0 spiro atoms. The van der Waals surface area contributed by atoms with Crippen LogP contribution in [0.15, 0.2) is 59.6 Å². The van der Waals surface area contributed by atoms with Gasteiger partial charge in [0.05, 0.1) is 0 Å². The predicted octanol–water partition coefficient (Wildman–Crippen LogP) is 3.67. The highest BCUT2D eigenvalue weighted by molar-refractivity contribution is 7.97. The largest absolute Gasteiger partial charge is 0.360 e. The molecular weight excluding hydrogens is 371 g/mol. The van der Waals surface area contributed by atoms with E-state index in [4.69, 9.17) is 23.2 Å². The summed E-state index contributed by atoms with van der Waals surface area (Å²) in [6, 6.07) is 13.1. The average Bonchev–Trinajstić information content (AvgIpc) is 2.77. The number of halogens is 2. The van der Waals surface area contributed by atoms with E-state index in [1.807, 2.05) is 0 Å². The summed E-state index contributed by atoms with van der Waals surface area (Å²) < 4.78 is 24.6. The summed E-state index contributed by atoms with van der Waals surface area (Å²) >= 11 is 11.6. The monoisotopic (exact) mass is 382 g/mol. The zero-order valence-electron chi connectivity index (χ0n) is 12.2. The second-order valence-electron chi connectivity index (χ2n) is 5.11. The molecule has 1 heterocycles. The van der Waals surface area contributed by atoms with Crippen LogP contribution in [0, 0.1) is 0 Å². The number of sulfone groups is 1. The summed E-state index contributed by atoms with van der Waals surface area (Å²) in [5.41, 5.74) is 1.10. The second-order valence-corrected chi connectivity index (χ2v) is 7.91. The zero-order chi connectivity index (χ0) is 17.3. The van der Waals surface area contributed by atoms with Crippen LogP contribution in [0.2, 0.25) is 10.0 Å². The molecule has 1 N–H and O–H groups in total. The Morgan fingerprint density at radius 3 is 2.08 bits per heavy atom. The Balaban J connectivity index is 1.87. The van der Waals surface area contributed by atoms with Crippen molar-refractivity contribution in [2.45, 2.75) is 0 Å². The molecule has 1 aliphatic heterocycles. The van der Waals surface area contributed by atoms with Gasteiger partial charge < -0.3 is 5.32 Å². The average molecular weight is 383 g/mol. The van der Waals surface area contributed by atoms with Gasteiger partial charge in [0.1, 0.15) is 10.8 Å². The molecule has 0 radical (unpaired) electrons. The van der Waals surface area contributed by atoms with Crippen LogP contribution in [-0.4, -0.2) is 20.2 Å². The highest BCUT2D eigenvalue weighted by Crippen LogP contribution is 2.28. The molecule has 0 atom stereocenters. The summed E-state index contributed by atoms with van der Waals surface area (Å²) in [5, 5.41) is 3.88. The van der Waals surface area contributed by atoms with Crippen LogP contribution >= 0.6 is 23.2 Å². The number of carbonyl (C=O) groups excluding carboxylic acids is 1. The van der Waals surface area contributed by atoms with E-state index in [1.54, 1.807) is 48.5 Å². The van der Waals surface area contributed by atoms with Gasteiger partial charge in [-0.05, 0) is 48.5 Å². The van der Waals surface area contributed by atoms with Gasteiger partial charge in [0.15, 0.2) is 0 Å². The maximum atomic E-state index is 12.5. The van der Waals surface area contributed by atoms with Gasteiger partial charge in [-0.2, -0.15) is 0 Å². The van der Waals surface area contributed by atoms with Crippen LogP contribution in [0.4, 0.5) is 11.4 Å². The van der Waals surface area contributed by atoms with Gasteiger partial charge >= 0.3 is 0 Å². The van der Waals surface area contributed by atoms with Crippen molar-refractivity contribution in [2.24, 2.45) is 0 Å². The summed E-state index contributed by atoms with van der Waals surface area (Å²) in [5.74, 6) is -0.986. The fourth-order valence-corrected chi connectivity index (χ4v) is 3.84. The molecule has 1 amide bonds. The van der Waals surface area contributed by atoms with Crippen LogP contribution in [0.5, 0.6) is 0 Å². The number of nitrogens with one attached hydrogen (secondary N) is 1. The van der Waals surface area contributed by atoms with Crippen molar-refractivity contribution in [1.29, 1.82) is 0 Å². The third-order valence-corrected chi connectivity index (χ3v) is 5.51. The lowest BCUT2D eigenvalue weighted by Crippen LogP contribution is -2.24. The number of benzene rings is 2. The van der Waals surface area contributed by atoms with E-state index in [0.717, 1.165) is 0 Å². The fraction of sp³-hybridized carbons (Fsp3) is 0.0625. The highest BCUT2D eigenvalue weighted by Gasteiger charge is 2.40. The molecule has 3 rings (SSSR count). The topological polar surface area (TPSA) is 66.5 Å². The molecule has 0 aliphatic carbocycles. The van der Waals surface area contributed by atoms with Gasteiger partial charge in [-0.15, -0.1) is 0 Å². The van der Waals surface area contributed by atoms with Gasteiger partial charge in [0.25, 0.3) is 5.91 Å². The molecule has 24 heavy (non-hydrogen) atoms. The lowest BCUT2D eigenvalue weighted by Gasteiger charge is -2.13. The number of nitrogens with zero attached hydrogens (tertiary/aromatic N) is 1. The minimum Gasteiger partial charge on any atom is -0.360 e. The molecule has 1 saturated heterocycles. The van der Waals surface area contributed by atoms with Gasteiger partial charge in [-0.1, -0.05) is 23.2 Å². The summed E-state index contributed by atoms with van der Waals surface area (Å²) in [6.45, 7) is 0. The van der Waals surface area contributed by atoms with Crippen molar-refractivity contribution in [3.8, 4) is 0 Å². The third kappa shape index (κ3) is 3.40. The first-order valence-corrected chi connectivity index (χ1v) is 9.30. The molecule has 0 aromatic heterocycles. The molecule has 124 valence electrons. The van der Waals surface area contributed by atoms with Crippen molar-refractivity contribution >= 4 is 50.3 Å². The minimum atomic E-state index is -3.71. The van der Waals surface area contributed by atoms with Gasteiger partial charge in [-0.25, -0.2) is 8.42 Å². The van der Waals surface area contributed by atoms with Gasteiger partial charge in [-0.3, -0.25) is 9.69 Å². The van der Waals surface area contributed by atoms with Crippen molar-refractivity contribution < 1.29 is 13.2 Å². The molecule has 1 fully saturated rings. The number of hydrogen-bond acceptors (Lipinski definition) is 4. The number of amides is 1. The van der Waals surface area contributed by atoms with Gasteiger partial charge in [0.2, 0.25) is 9.84 Å².